The number of carbonyl (C=O) groups excluding carboxylic acids is 1. The molecule has 2 aromatic rings. The van der Waals surface area contributed by atoms with Gasteiger partial charge in [0.25, 0.3) is 0 Å². The summed E-state index contributed by atoms with van der Waals surface area (Å²) in [6.45, 7) is 2.05. The number of aryl methyl sites for hydroxylation is 3. The van der Waals surface area contributed by atoms with Crippen LogP contribution in [0.3, 0.4) is 0 Å². The van der Waals surface area contributed by atoms with Crippen LogP contribution in [0, 0.1) is 0 Å². The minimum Gasteiger partial charge on any atom is -0.340 e. The van der Waals surface area contributed by atoms with Gasteiger partial charge < -0.3 is 4.57 Å². The van der Waals surface area contributed by atoms with Crippen molar-refractivity contribution in [2.24, 2.45) is 14.1 Å². The number of imidazole rings is 1. The Morgan fingerprint density at radius 1 is 1.41 bits per heavy atom. The van der Waals surface area contributed by atoms with Gasteiger partial charge in [-0.05, 0) is 12.5 Å². The third-order valence-electron chi connectivity index (χ3n) is 2.72. The van der Waals surface area contributed by atoms with Gasteiger partial charge in [0.15, 0.2) is 5.78 Å². The topological polar surface area (TPSA) is 52.7 Å². The number of carbonyl (C=O) groups is 1. The molecule has 0 aliphatic rings. The Labute approximate surface area is 100 Å². The van der Waals surface area contributed by atoms with Crippen molar-refractivity contribution in [2.45, 2.75) is 19.8 Å². The Morgan fingerprint density at radius 3 is 2.71 bits per heavy atom. The summed E-state index contributed by atoms with van der Waals surface area (Å²) < 4.78 is 3.54. The van der Waals surface area contributed by atoms with Crippen LogP contribution in [0.2, 0.25) is 0 Å². The standard InChI is InChI=1S/C12H16N4O/c1-4-9-5-10(16(3)14-9)6-12(17)11-7-15(2)8-13-11/h5,7-8H,4,6H2,1-3H3. The normalized spacial score (nSPS) is 10.8. The minimum absolute atomic E-state index is 0.0243. The summed E-state index contributed by atoms with van der Waals surface area (Å²) in [4.78, 5) is 16.0. The van der Waals surface area contributed by atoms with E-state index in [0.29, 0.717) is 12.1 Å². The first kappa shape index (κ1) is 11.6. The van der Waals surface area contributed by atoms with E-state index in [1.165, 1.54) is 0 Å². The minimum atomic E-state index is 0.0243. The highest BCUT2D eigenvalue weighted by atomic mass is 16.1. The summed E-state index contributed by atoms with van der Waals surface area (Å²) in [5.41, 5.74) is 2.44. The first-order valence-corrected chi connectivity index (χ1v) is 5.63. The van der Waals surface area contributed by atoms with Crippen LogP contribution in [-0.2, 0) is 26.9 Å². The lowest BCUT2D eigenvalue weighted by Gasteiger charge is -1.98. The van der Waals surface area contributed by atoms with Crippen LogP contribution in [0.5, 0.6) is 0 Å². The van der Waals surface area contributed by atoms with Crippen molar-refractivity contribution in [3.05, 3.63) is 35.7 Å². The zero-order chi connectivity index (χ0) is 12.4. The molecular weight excluding hydrogens is 216 g/mol. The van der Waals surface area contributed by atoms with Gasteiger partial charge >= 0.3 is 0 Å². The monoisotopic (exact) mass is 232 g/mol. The van der Waals surface area contributed by atoms with Gasteiger partial charge in [-0.1, -0.05) is 6.92 Å². The number of hydrogen-bond donors (Lipinski definition) is 0. The van der Waals surface area contributed by atoms with Crippen LogP contribution < -0.4 is 0 Å². The molecule has 0 fully saturated rings. The molecule has 2 heterocycles. The molecule has 90 valence electrons. The predicted octanol–water partition coefficient (Wildman–Crippen LogP) is 1.14. The van der Waals surface area contributed by atoms with Gasteiger partial charge in [-0.15, -0.1) is 0 Å². The number of rotatable bonds is 4. The van der Waals surface area contributed by atoms with Crippen molar-refractivity contribution in [1.82, 2.24) is 19.3 Å². The molecular formula is C12H16N4O. The van der Waals surface area contributed by atoms with Crippen molar-refractivity contribution >= 4 is 5.78 Å². The van der Waals surface area contributed by atoms with Crippen LogP contribution in [-0.4, -0.2) is 25.1 Å². The molecule has 0 aliphatic heterocycles. The van der Waals surface area contributed by atoms with Crippen LogP contribution in [0.4, 0.5) is 0 Å². The average Bonchev–Trinajstić information content (AvgIpc) is 2.86. The van der Waals surface area contributed by atoms with Crippen molar-refractivity contribution < 1.29 is 4.79 Å². The molecule has 0 saturated heterocycles. The summed E-state index contributed by atoms with van der Waals surface area (Å²) in [6, 6.07) is 1.97. The maximum absolute atomic E-state index is 12.0. The first-order valence-electron chi connectivity index (χ1n) is 5.63. The molecule has 2 rings (SSSR count). The Bertz CT molecular complexity index is 538. The summed E-state index contributed by atoms with van der Waals surface area (Å²) in [7, 11) is 3.71. The number of hydrogen-bond acceptors (Lipinski definition) is 3. The molecule has 2 aromatic heterocycles. The predicted molar refractivity (Wildman–Crippen MR) is 63.8 cm³/mol. The molecule has 17 heavy (non-hydrogen) atoms. The highest BCUT2D eigenvalue weighted by molar-refractivity contribution is 5.95. The van der Waals surface area contributed by atoms with Crippen LogP contribution in [0.15, 0.2) is 18.6 Å². The summed E-state index contributed by atoms with van der Waals surface area (Å²) >= 11 is 0. The second-order valence-electron chi connectivity index (χ2n) is 4.13. The first-order chi connectivity index (χ1) is 8.10. The Balaban J connectivity index is 2.15. The summed E-state index contributed by atoms with van der Waals surface area (Å²) in [6.07, 6.45) is 4.60. The molecule has 0 amide bonds. The molecule has 0 bridgehead atoms. The molecule has 0 N–H and O–H groups in total. The second-order valence-corrected chi connectivity index (χ2v) is 4.13. The lowest BCUT2D eigenvalue weighted by Crippen LogP contribution is -2.08. The van der Waals surface area contributed by atoms with E-state index in [2.05, 4.69) is 10.1 Å². The van der Waals surface area contributed by atoms with Gasteiger partial charge in [-0.3, -0.25) is 9.48 Å². The third-order valence-corrected chi connectivity index (χ3v) is 2.72. The van der Waals surface area contributed by atoms with Crippen molar-refractivity contribution in [2.75, 3.05) is 0 Å². The van der Waals surface area contributed by atoms with E-state index in [4.69, 9.17) is 0 Å². The third kappa shape index (κ3) is 2.43. The lowest BCUT2D eigenvalue weighted by atomic mass is 10.1. The van der Waals surface area contributed by atoms with Crippen LogP contribution in [0.1, 0.15) is 28.8 Å². The van der Waals surface area contributed by atoms with Gasteiger partial charge in [0.05, 0.1) is 18.4 Å². The van der Waals surface area contributed by atoms with E-state index in [1.807, 2.05) is 27.1 Å². The number of Topliss-reactive ketones (excluding diaryl/α,β-unsaturated/α-hetero) is 1. The van der Waals surface area contributed by atoms with Gasteiger partial charge in [-0.2, -0.15) is 5.10 Å². The largest absolute Gasteiger partial charge is 0.340 e. The molecule has 0 spiro atoms. The number of nitrogens with zero attached hydrogens (tertiary/aromatic N) is 4. The van der Waals surface area contributed by atoms with E-state index >= 15 is 0 Å². The average molecular weight is 232 g/mol. The molecule has 0 atom stereocenters. The number of aromatic nitrogens is 4. The SMILES string of the molecule is CCc1cc(CC(=O)c2cn(C)cn2)n(C)n1. The maximum atomic E-state index is 12.0. The van der Waals surface area contributed by atoms with Gasteiger partial charge in [-0.25, -0.2) is 4.98 Å². The zero-order valence-corrected chi connectivity index (χ0v) is 10.3. The number of ketones is 1. The van der Waals surface area contributed by atoms with Gasteiger partial charge in [0.1, 0.15) is 5.69 Å². The van der Waals surface area contributed by atoms with Crippen molar-refractivity contribution in [3.63, 3.8) is 0 Å². The van der Waals surface area contributed by atoms with Gasteiger partial charge in [0, 0.05) is 26.0 Å². The van der Waals surface area contributed by atoms with Crippen LogP contribution >= 0.6 is 0 Å². The smallest absolute Gasteiger partial charge is 0.188 e. The summed E-state index contributed by atoms with van der Waals surface area (Å²) in [5, 5.41) is 4.32. The van der Waals surface area contributed by atoms with Gasteiger partial charge in [0.2, 0.25) is 0 Å². The molecule has 5 nitrogen and oxygen atoms in total. The van der Waals surface area contributed by atoms with Crippen molar-refractivity contribution in [1.29, 1.82) is 0 Å². The quantitative estimate of drug-likeness (QED) is 0.743. The molecule has 0 aliphatic carbocycles. The highest BCUT2D eigenvalue weighted by Crippen LogP contribution is 2.08. The fraction of sp³-hybridized carbons (Fsp3) is 0.417. The fourth-order valence-electron chi connectivity index (χ4n) is 1.72. The van der Waals surface area contributed by atoms with E-state index in [9.17, 15) is 4.79 Å². The Hall–Kier alpha value is -1.91. The molecule has 0 aromatic carbocycles. The van der Waals surface area contributed by atoms with E-state index in [0.717, 1.165) is 17.8 Å². The second kappa shape index (κ2) is 4.53. The molecule has 0 saturated carbocycles. The molecule has 5 heteroatoms. The summed E-state index contributed by atoms with van der Waals surface area (Å²) in [5.74, 6) is 0.0243. The maximum Gasteiger partial charge on any atom is 0.188 e. The lowest BCUT2D eigenvalue weighted by molar-refractivity contribution is 0.0986. The van der Waals surface area contributed by atoms with E-state index < -0.39 is 0 Å². The highest BCUT2D eigenvalue weighted by Gasteiger charge is 2.13. The Kier molecular flexibility index (Phi) is 3.08. The van der Waals surface area contributed by atoms with Crippen molar-refractivity contribution in [3.8, 4) is 0 Å². The van der Waals surface area contributed by atoms with E-state index in [1.54, 1.807) is 21.8 Å². The molecule has 0 unspecified atom stereocenters. The Morgan fingerprint density at radius 2 is 2.18 bits per heavy atom. The zero-order valence-electron chi connectivity index (χ0n) is 10.3. The fourth-order valence-corrected chi connectivity index (χ4v) is 1.72. The van der Waals surface area contributed by atoms with Crippen LogP contribution in [0.25, 0.3) is 0 Å². The molecule has 0 radical (unpaired) electrons. The van der Waals surface area contributed by atoms with E-state index in [-0.39, 0.29) is 5.78 Å².